The van der Waals surface area contributed by atoms with Crippen LogP contribution in [0.15, 0.2) is 42.5 Å². The second-order valence-corrected chi connectivity index (χ2v) is 8.60. The van der Waals surface area contributed by atoms with Gasteiger partial charge in [-0.15, -0.1) is 0 Å². The number of rotatable bonds is 4. The van der Waals surface area contributed by atoms with Gasteiger partial charge in [-0.25, -0.2) is 4.79 Å². The number of nitrogens with zero attached hydrogens (tertiary/aromatic N) is 2. The first-order chi connectivity index (χ1) is 14.9. The third-order valence-electron chi connectivity index (χ3n) is 5.93. The van der Waals surface area contributed by atoms with Crippen molar-refractivity contribution in [2.75, 3.05) is 37.9 Å². The Hall–Kier alpha value is -2.61. The van der Waals surface area contributed by atoms with Crippen LogP contribution in [-0.2, 0) is 22.5 Å². The van der Waals surface area contributed by atoms with E-state index in [4.69, 9.17) is 16.3 Å². The highest BCUT2D eigenvalue weighted by atomic mass is 35.5. The predicted molar refractivity (Wildman–Crippen MR) is 121 cm³/mol. The van der Waals surface area contributed by atoms with Gasteiger partial charge in [0.25, 0.3) is 0 Å². The van der Waals surface area contributed by atoms with Crippen molar-refractivity contribution in [3.8, 4) is 0 Å². The average molecular weight is 443 g/mol. The molecule has 2 aromatic rings. The highest BCUT2D eigenvalue weighted by Gasteiger charge is 2.40. The molecule has 0 saturated carbocycles. The van der Waals surface area contributed by atoms with E-state index >= 15 is 0 Å². The topological polar surface area (TPSA) is 73.9 Å². The van der Waals surface area contributed by atoms with E-state index in [9.17, 15) is 9.59 Å². The molecule has 2 aliphatic heterocycles. The molecule has 0 spiro atoms. The molecule has 2 aliphatic rings. The Balaban J connectivity index is 1.46. The summed E-state index contributed by atoms with van der Waals surface area (Å²) in [4.78, 5) is 29.8. The van der Waals surface area contributed by atoms with Gasteiger partial charge in [0.2, 0.25) is 5.91 Å². The molecule has 2 atom stereocenters. The third kappa shape index (κ3) is 5.01. The SMILES string of the molecule is CO[C@@H]1C[C@H](C(=O)Nc2ccc3c(c2)CCN(C)C3)N(C(=O)Nc2ccc(Cl)cc2)C1. The number of carbonyl (C=O) groups excluding carboxylic acids is 2. The number of benzene rings is 2. The van der Waals surface area contributed by atoms with Crippen LogP contribution in [0.25, 0.3) is 0 Å². The first-order valence-electron chi connectivity index (χ1n) is 10.4. The van der Waals surface area contributed by atoms with E-state index in [0.29, 0.717) is 23.7 Å². The maximum atomic E-state index is 13.1. The molecule has 0 bridgehead atoms. The number of hydrogen-bond donors (Lipinski definition) is 2. The number of amides is 3. The molecule has 2 heterocycles. The first kappa shape index (κ1) is 21.6. The lowest BCUT2D eigenvalue weighted by molar-refractivity contribution is -0.119. The van der Waals surface area contributed by atoms with Gasteiger partial charge in [0.1, 0.15) is 6.04 Å². The first-order valence-corrected chi connectivity index (χ1v) is 10.8. The summed E-state index contributed by atoms with van der Waals surface area (Å²) in [6.45, 7) is 2.27. The Kier molecular flexibility index (Phi) is 6.46. The Morgan fingerprint density at radius 1 is 1.06 bits per heavy atom. The minimum Gasteiger partial charge on any atom is -0.380 e. The second kappa shape index (κ2) is 9.26. The van der Waals surface area contributed by atoms with Crippen molar-refractivity contribution < 1.29 is 14.3 Å². The third-order valence-corrected chi connectivity index (χ3v) is 6.18. The Bertz CT molecular complexity index is 966. The molecule has 1 fully saturated rings. The molecule has 0 aromatic heterocycles. The van der Waals surface area contributed by atoms with Crippen LogP contribution in [0.3, 0.4) is 0 Å². The zero-order valence-corrected chi connectivity index (χ0v) is 18.5. The molecule has 4 rings (SSSR count). The lowest BCUT2D eigenvalue weighted by Crippen LogP contribution is -2.45. The maximum Gasteiger partial charge on any atom is 0.322 e. The van der Waals surface area contributed by atoms with Crippen molar-refractivity contribution in [3.05, 3.63) is 58.6 Å². The monoisotopic (exact) mass is 442 g/mol. The summed E-state index contributed by atoms with van der Waals surface area (Å²) in [5.74, 6) is -0.210. The Morgan fingerprint density at radius 2 is 1.81 bits per heavy atom. The van der Waals surface area contributed by atoms with Crippen molar-refractivity contribution in [3.63, 3.8) is 0 Å². The van der Waals surface area contributed by atoms with Gasteiger partial charge in [0, 0.05) is 49.6 Å². The van der Waals surface area contributed by atoms with Crippen molar-refractivity contribution in [1.29, 1.82) is 0 Å². The molecular formula is C23H27ClN4O3. The lowest BCUT2D eigenvalue weighted by atomic mass is 9.99. The van der Waals surface area contributed by atoms with Crippen LogP contribution in [0.2, 0.25) is 5.02 Å². The molecule has 3 amide bonds. The van der Waals surface area contributed by atoms with Crippen LogP contribution in [0.4, 0.5) is 16.2 Å². The van der Waals surface area contributed by atoms with Crippen molar-refractivity contribution in [2.24, 2.45) is 0 Å². The van der Waals surface area contributed by atoms with Crippen LogP contribution in [0, 0.1) is 0 Å². The largest absolute Gasteiger partial charge is 0.380 e. The zero-order valence-electron chi connectivity index (χ0n) is 17.7. The number of urea groups is 1. The molecule has 0 unspecified atom stereocenters. The van der Waals surface area contributed by atoms with Gasteiger partial charge in [-0.1, -0.05) is 17.7 Å². The number of likely N-dealkylation sites (tertiary alicyclic amines) is 1. The molecule has 0 radical (unpaired) electrons. The minimum absolute atomic E-state index is 0.189. The number of fused-ring (bicyclic) bond motifs is 1. The summed E-state index contributed by atoms with van der Waals surface area (Å²) in [5, 5.41) is 6.43. The number of halogens is 1. The van der Waals surface area contributed by atoms with E-state index in [1.807, 2.05) is 12.1 Å². The van der Waals surface area contributed by atoms with Gasteiger partial charge in [0.15, 0.2) is 0 Å². The fourth-order valence-corrected chi connectivity index (χ4v) is 4.29. The lowest BCUT2D eigenvalue weighted by Gasteiger charge is -2.26. The smallest absolute Gasteiger partial charge is 0.322 e. The number of likely N-dealkylation sites (N-methyl/N-ethyl adjacent to an activating group) is 1. The van der Waals surface area contributed by atoms with Crippen molar-refractivity contribution in [2.45, 2.75) is 31.5 Å². The highest BCUT2D eigenvalue weighted by Crippen LogP contribution is 2.25. The zero-order chi connectivity index (χ0) is 22.0. The van der Waals surface area contributed by atoms with Crippen molar-refractivity contribution >= 4 is 34.9 Å². The van der Waals surface area contributed by atoms with Gasteiger partial charge in [-0.3, -0.25) is 4.79 Å². The van der Waals surface area contributed by atoms with E-state index in [1.165, 1.54) is 16.0 Å². The summed E-state index contributed by atoms with van der Waals surface area (Å²) < 4.78 is 5.45. The summed E-state index contributed by atoms with van der Waals surface area (Å²) in [7, 11) is 3.70. The van der Waals surface area contributed by atoms with E-state index in [2.05, 4.69) is 28.6 Å². The fourth-order valence-electron chi connectivity index (χ4n) is 4.17. The number of methoxy groups -OCH3 is 1. The number of carbonyl (C=O) groups is 2. The molecule has 8 heteroatoms. The van der Waals surface area contributed by atoms with Gasteiger partial charge in [-0.05, 0) is 61.0 Å². The summed E-state index contributed by atoms with van der Waals surface area (Å²) in [5.41, 5.74) is 3.92. The fraction of sp³-hybridized carbons (Fsp3) is 0.391. The van der Waals surface area contributed by atoms with Crippen LogP contribution in [-0.4, -0.2) is 61.1 Å². The number of ether oxygens (including phenoxy) is 1. The summed E-state index contributed by atoms with van der Waals surface area (Å²) in [6.07, 6.45) is 1.22. The van der Waals surface area contributed by atoms with E-state index in [0.717, 1.165) is 25.2 Å². The van der Waals surface area contributed by atoms with Crippen LogP contribution in [0.1, 0.15) is 17.5 Å². The maximum absolute atomic E-state index is 13.1. The van der Waals surface area contributed by atoms with Crippen LogP contribution < -0.4 is 10.6 Å². The Morgan fingerprint density at radius 3 is 2.55 bits per heavy atom. The molecule has 0 aliphatic carbocycles. The molecule has 2 aromatic carbocycles. The van der Waals surface area contributed by atoms with E-state index in [1.54, 1.807) is 31.4 Å². The molecule has 1 saturated heterocycles. The quantitative estimate of drug-likeness (QED) is 0.758. The minimum atomic E-state index is -0.612. The molecule has 2 N–H and O–H groups in total. The molecule has 7 nitrogen and oxygen atoms in total. The van der Waals surface area contributed by atoms with E-state index < -0.39 is 6.04 Å². The Labute approximate surface area is 187 Å². The normalized spacial score (nSPS) is 20.9. The van der Waals surface area contributed by atoms with Gasteiger partial charge in [0.05, 0.1) is 6.10 Å². The summed E-state index contributed by atoms with van der Waals surface area (Å²) >= 11 is 5.91. The summed E-state index contributed by atoms with van der Waals surface area (Å²) in [6, 6.07) is 12.0. The number of nitrogens with one attached hydrogen (secondary N) is 2. The molecule has 31 heavy (non-hydrogen) atoms. The standard InChI is InChI=1S/C23H27ClN4O3/c1-27-10-9-15-11-19(6-3-16(15)13-27)25-22(29)21-12-20(31-2)14-28(21)23(30)26-18-7-4-17(24)5-8-18/h3-8,11,20-21H,9-10,12-14H2,1-2H3,(H,25,29)(H,26,30)/t20-,21-/m1/s1. The number of anilines is 2. The molecule has 164 valence electrons. The number of hydrogen-bond acceptors (Lipinski definition) is 4. The predicted octanol–water partition coefficient (Wildman–Crippen LogP) is 3.59. The van der Waals surface area contributed by atoms with Gasteiger partial charge >= 0.3 is 6.03 Å². The van der Waals surface area contributed by atoms with Crippen molar-refractivity contribution in [1.82, 2.24) is 9.80 Å². The van der Waals surface area contributed by atoms with Gasteiger partial charge in [-0.2, -0.15) is 0 Å². The van der Waals surface area contributed by atoms with E-state index in [-0.39, 0.29) is 18.0 Å². The highest BCUT2D eigenvalue weighted by molar-refractivity contribution is 6.30. The average Bonchev–Trinajstić information content (AvgIpc) is 3.20. The van der Waals surface area contributed by atoms with Crippen LogP contribution >= 0.6 is 11.6 Å². The van der Waals surface area contributed by atoms with Crippen LogP contribution in [0.5, 0.6) is 0 Å². The molecular weight excluding hydrogens is 416 g/mol. The van der Waals surface area contributed by atoms with Gasteiger partial charge < -0.3 is 25.2 Å². The second-order valence-electron chi connectivity index (χ2n) is 8.16.